The summed E-state index contributed by atoms with van der Waals surface area (Å²) in [4.78, 5) is 23.4. The van der Waals surface area contributed by atoms with Crippen LogP contribution >= 0.6 is 0 Å². The fraction of sp³-hybridized carbons (Fsp3) is 0.150. The van der Waals surface area contributed by atoms with E-state index in [0.29, 0.717) is 11.3 Å². The van der Waals surface area contributed by atoms with Crippen LogP contribution in [0.25, 0.3) is 11.1 Å². The van der Waals surface area contributed by atoms with Gasteiger partial charge in [-0.25, -0.2) is 4.68 Å². The van der Waals surface area contributed by atoms with E-state index in [1.807, 2.05) is 24.3 Å². The summed E-state index contributed by atoms with van der Waals surface area (Å²) >= 11 is 0. The summed E-state index contributed by atoms with van der Waals surface area (Å²) in [5, 5.41) is 13.0. The lowest BCUT2D eigenvalue weighted by Gasteiger charge is -2.07. The smallest absolute Gasteiger partial charge is 0.320 e. The minimum absolute atomic E-state index is 0.253. The average Bonchev–Trinajstić information content (AvgIpc) is 3.18. The van der Waals surface area contributed by atoms with Crippen LogP contribution in [0.4, 0.5) is 0 Å². The molecule has 1 aromatic heterocycles. The molecular formula is C20H19N3O4. The summed E-state index contributed by atoms with van der Waals surface area (Å²) in [5.74, 6) is -0.691. The van der Waals surface area contributed by atoms with Gasteiger partial charge in [0.05, 0.1) is 13.3 Å². The molecule has 2 aromatic carbocycles. The summed E-state index contributed by atoms with van der Waals surface area (Å²) in [6.07, 6.45) is 3.51. The molecule has 27 heavy (non-hydrogen) atoms. The van der Waals surface area contributed by atoms with Gasteiger partial charge in [0.2, 0.25) is 0 Å². The van der Waals surface area contributed by atoms with E-state index in [1.165, 1.54) is 4.68 Å². The van der Waals surface area contributed by atoms with Crippen LogP contribution in [-0.4, -0.2) is 39.9 Å². The molecule has 3 aromatic rings. The Bertz CT molecular complexity index is 963. The Morgan fingerprint density at radius 3 is 2.59 bits per heavy atom. The third kappa shape index (κ3) is 4.21. The van der Waals surface area contributed by atoms with E-state index >= 15 is 0 Å². The van der Waals surface area contributed by atoms with Crippen molar-refractivity contribution >= 4 is 11.9 Å². The summed E-state index contributed by atoms with van der Waals surface area (Å²) in [7, 11) is 1.54. The number of ether oxygens (including phenoxy) is 1. The number of methoxy groups -OCH3 is 1. The van der Waals surface area contributed by atoms with Crippen molar-refractivity contribution in [2.75, 3.05) is 7.11 Å². The van der Waals surface area contributed by atoms with Gasteiger partial charge < -0.3 is 15.6 Å². The van der Waals surface area contributed by atoms with Crippen molar-refractivity contribution in [1.82, 2.24) is 9.78 Å². The minimum Gasteiger partial charge on any atom is -0.497 e. The molecule has 1 heterocycles. The summed E-state index contributed by atoms with van der Waals surface area (Å²) < 4.78 is 6.42. The zero-order chi connectivity index (χ0) is 19.4. The van der Waals surface area contributed by atoms with E-state index in [1.54, 1.807) is 43.8 Å². The molecule has 7 nitrogen and oxygen atoms in total. The molecule has 0 bridgehead atoms. The van der Waals surface area contributed by atoms with E-state index in [9.17, 15) is 9.59 Å². The van der Waals surface area contributed by atoms with Crippen molar-refractivity contribution in [3.05, 3.63) is 72.1 Å². The Morgan fingerprint density at radius 1 is 1.19 bits per heavy atom. The number of nitrogens with zero attached hydrogens (tertiary/aromatic N) is 2. The van der Waals surface area contributed by atoms with E-state index in [4.69, 9.17) is 15.6 Å². The maximum absolute atomic E-state index is 12.6. The van der Waals surface area contributed by atoms with Gasteiger partial charge in [0.15, 0.2) is 0 Å². The van der Waals surface area contributed by atoms with Crippen LogP contribution in [-0.2, 0) is 11.2 Å². The molecule has 0 amide bonds. The Hall–Kier alpha value is -3.45. The second-order valence-electron chi connectivity index (χ2n) is 6.06. The first kappa shape index (κ1) is 18.3. The minimum atomic E-state index is -1.03. The normalized spacial score (nSPS) is 11.8. The molecule has 1 atom stereocenters. The van der Waals surface area contributed by atoms with Crippen LogP contribution < -0.4 is 10.5 Å². The van der Waals surface area contributed by atoms with Gasteiger partial charge in [-0.05, 0) is 35.7 Å². The first-order chi connectivity index (χ1) is 13.0. The van der Waals surface area contributed by atoms with Gasteiger partial charge in [-0.15, -0.1) is 0 Å². The number of carbonyl (C=O) groups excluding carboxylic acids is 1. The third-order valence-corrected chi connectivity index (χ3v) is 4.17. The highest BCUT2D eigenvalue weighted by Gasteiger charge is 2.14. The number of rotatable bonds is 6. The number of nitrogens with two attached hydrogens (primary N) is 1. The maximum Gasteiger partial charge on any atom is 0.320 e. The van der Waals surface area contributed by atoms with Crippen LogP contribution in [0.3, 0.4) is 0 Å². The predicted molar refractivity (Wildman–Crippen MR) is 99.7 cm³/mol. The molecule has 3 N–H and O–H groups in total. The molecule has 0 radical (unpaired) electrons. The Balaban J connectivity index is 1.77. The Labute approximate surface area is 156 Å². The predicted octanol–water partition coefficient (Wildman–Crippen LogP) is 2.20. The Morgan fingerprint density at radius 2 is 1.93 bits per heavy atom. The van der Waals surface area contributed by atoms with Crippen LogP contribution in [0.5, 0.6) is 5.75 Å². The van der Waals surface area contributed by atoms with Gasteiger partial charge in [-0.2, -0.15) is 5.10 Å². The lowest BCUT2D eigenvalue weighted by atomic mass is 10.0. The molecule has 0 aliphatic carbocycles. The lowest BCUT2D eigenvalue weighted by molar-refractivity contribution is -0.138. The standard InChI is InChI=1S/C20H19N3O4/c1-27-17-4-2-3-15(10-17)19(24)23-12-16(11-22-23)14-7-5-13(6-8-14)9-18(21)20(25)26/h2-8,10-12,18H,9,21H2,1H3,(H,25,26). The van der Waals surface area contributed by atoms with Crippen molar-refractivity contribution in [1.29, 1.82) is 0 Å². The van der Waals surface area contributed by atoms with Crippen molar-refractivity contribution in [3.8, 4) is 16.9 Å². The molecule has 7 heteroatoms. The fourth-order valence-corrected chi connectivity index (χ4v) is 2.65. The largest absolute Gasteiger partial charge is 0.497 e. The number of benzene rings is 2. The molecule has 0 aliphatic rings. The van der Waals surface area contributed by atoms with Crippen LogP contribution in [0, 0.1) is 0 Å². The average molecular weight is 365 g/mol. The van der Waals surface area contributed by atoms with Gasteiger partial charge in [-0.3, -0.25) is 9.59 Å². The topological polar surface area (TPSA) is 107 Å². The van der Waals surface area contributed by atoms with Crippen LogP contribution in [0.2, 0.25) is 0 Å². The quantitative estimate of drug-likeness (QED) is 0.693. The molecule has 0 spiro atoms. The van der Waals surface area contributed by atoms with E-state index in [2.05, 4.69) is 5.10 Å². The van der Waals surface area contributed by atoms with Gasteiger partial charge >= 0.3 is 5.97 Å². The van der Waals surface area contributed by atoms with Gasteiger partial charge in [-0.1, -0.05) is 30.3 Å². The lowest BCUT2D eigenvalue weighted by Crippen LogP contribution is -2.32. The van der Waals surface area contributed by atoms with E-state index in [-0.39, 0.29) is 12.3 Å². The number of carboxylic acid groups (broad SMARTS) is 1. The first-order valence-electron chi connectivity index (χ1n) is 8.29. The highest BCUT2D eigenvalue weighted by atomic mass is 16.5. The SMILES string of the molecule is COc1cccc(C(=O)n2cc(-c3ccc(CC(N)C(=O)O)cc3)cn2)c1. The molecule has 0 aliphatic heterocycles. The second kappa shape index (κ2) is 7.84. The molecule has 0 fully saturated rings. The highest BCUT2D eigenvalue weighted by molar-refractivity contribution is 5.96. The van der Waals surface area contributed by atoms with Crippen LogP contribution in [0.15, 0.2) is 60.9 Å². The van der Waals surface area contributed by atoms with Crippen molar-refractivity contribution in [3.63, 3.8) is 0 Å². The van der Waals surface area contributed by atoms with E-state index in [0.717, 1.165) is 16.7 Å². The zero-order valence-corrected chi connectivity index (χ0v) is 14.7. The molecule has 0 saturated heterocycles. The monoisotopic (exact) mass is 365 g/mol. The highest BCUT2D eigenvalue weighted by Crippen LogP contribution is 2.21. The number of aliphatic carboxylic acids is 1. The van der Waals surface area contributed by atoms with Gasteiger partial charge in [0.25, 0.3) is 5.91 Å². The first-order valence-corrected chi connectivity index (χ1v) is 8.29. The summed E-state index contributed by atoms with van der Waals surface area (Å²) in [5.41, 5.74) is 8.50. The second-order valence-corrected chi connectivity index (χ2v) is 6.06. The Kier molecular flexibility index (Phi) is 5.33. The number of hydrogen-bond acceptors (Lipinski definition) is 5. The van der Waals surface area contributed by atoms with Crippen molar-refractivity contribution in [2.45, 2.75) is 12.5 Å². The van der Waals surface area contributed by atoms with E-state index < -0.39 is 12.0 Å². The molecule has 138 valence electrons. The molecule has 0 saturated carbocycles. The van der Waals surface area contributed by atoms with Crippen molar-refractivity contribution < 1.29 is 19.4 Å². The summed E-state index contributed by atoms with van der Waals surface area (Å²) in [6, 6.07) is 13.3. The maximum atomic E-state index is 12.6. The summed E-state index contributed by atoms with van der Waals surface area (Å²) in [6.45, 7) is 0. The molecule has 1 unspecified atom stereocenters. The number of carbonyl (C=O) groups is 2. The number of hydrogen-bond donors (Lipinski definition) is 2. The van der Waals surface area contributed by atoms with Crippen LogP contribution in [0.1, 0.15) is 15.9 Å². The fourth-order valence-electron chi connectivity index (χ4n) is 2.65. The molecular weight excluding hydrogens is 346 g/mol. The van der Waals surface area contributed by atoms with Gasteiger partial charge in [0.1, 0.15) is 11.8 Å². The number of carboxylic acids is 1. The van der Waals surface area contributed by atoms with Gasteiger partial charge in [0, 0.05) is 17.3 Å². The van der Waals surface area contributed by atoms with Crippen molar-refractivity contribution in [2.24, 2.45) is 5.73 Å². The third-order valence-electron chi connectivity index (χ3n) is 4.17. The molecule has 3 rings (SSSR count). The zero-order valence-electron chi connectivity index (χ0n) is 14.7. The number of aromatic nitrogens is 2.